The van der Waals surface area contributed by atoms with Crippen LogP contribution in [0, 0.1) is 0 Å². The molecule has 1 fully saturated rings. The zero-order valence-corrected chi connectivity index (χ0v) is 23.6. The Morgan fingerprint density at radius 1 is 0.732 bits per heavy atom. The molecule has 0 spiro atoms. The minimum atomic E-state index is -1.63. The van der Waals surface area contributed by atoms with E-state index in [9.17, 15) is 25.5 Å². The molecule has 0 radical (unpaired) electrons. The minimum absolute atomic E-state index is 0.0475. The standard InChI is InChI=1S/C28H40O13/c1-35-18-9-15(6-5-7-29)10-19(36-2)26(18)39-17(13-30)8-16-11-20(37-3)27(21(12-16)38-4)41-28-25(34)24(33)23(32)22(14-31)40-28/h9-12,17,22-25,28-34H,5-8,13-14H2,1-4H3/t17-,22+,23+,24-,25+,28-/m0/s1. The van der Waals surface area contributed by atoms with E-state index >= 15 is 0 Å². The van der Waals surface area contributed by atoms with Crippen LogP contribution in [-0.2, 0) is 17.6 Å². The number of rotatable bonds is 15. The number of aliphatic hydroxyl groups excluding tert-OH is 6. The van der Waals surface area contributed by atoms with Gasteiger partial charge >= 0.3 is 0 Å². The Hall–Kier alpha value is -3.04. The fourth-order valence-electron chi connectivity index (χ4n) is 4.50. The quantitative estimate of drug-likeness (QED) is 0.162. The maximum atomic E-state index is 10.4. The van der Waals surface area contributed by atoms with Gasteiger partial charge in [0.2, 0.25) is 17.8 Å². The Morgan fingerprint density at radius 2 is 1.27 bits per heavy atom. The summed E-state index contributed by atoms with van der Waals surface area (Å²) in [5.41, 5.74) is 1.53. The van der Waals surface area contributed by atoms with Gasteiger partial charge in [0.15, 0.2) is 23.0 Å². The molecular weight excluding hydrogens is 544 g/mol. The van der Waals surface area contributed by atoms with Gasteiger partial charge in [-0.15, -0.1) is 0 Å². The van der Waals surface area contributed by atoms with Crippen molar-refractivity contribution < 1.29 is 63.8 Å². The van der Waals surface area contributed by atoms with Crippen LogP contribution in [0.15, 0.2) is 24.3 Å². The molecule has 41 heavy (non-hydrogen) atoms. The van der Waals surface area contributed by atoms with Crippen molar-refractivity contribution in [2.24, 2.45) is 0 Å². The molecule has 0 amide bonds. The number of hydrogen-bond acceptors (Lipinski definition) is 13. The number of methoxy groups -OCH3 is 4. The highest BCUT2D eigenvalue weighted by atomic mass is 16.7. The van der Waals surface area contributed by atoms with E-state index < -0.39 is 43.4 Å². The molecule has 0 aromatic heterocycles. The van der Waals surface area contributed by atoms with Crippen molar-refractivity contribution in [3.05, 3.63) is 35.4 Å². The first-order valence-electron chi connectivity index (χ1n) is 13.1. The van der Waals surface area contributed by atoms with E-state index in [1.165, 1.54) is 28.4 Å². The van der Waals surface area contributed by atoms with Crippen LogP contribution in [0.5, 0.6) is 34.5 Å². The van der Waals surface area contributed by atoms with E-state index in [4.69, 9.17) is 38.3 Å². The predicted molar refractivity (Wildman–Crippen MR) is 144 cm³/mol. The van der Waals surface area contributed by atoms with Gasteiger partial charge in [0, 0.05) is 13.0 Å². The van der Waals surface area contributed by atoms with Crippen molar-refractivity contribution in [3.63, 3.8) is 0 Å². The monoisotopic (exact) mass is 584 g/mol. The van der Waals surface area contributed by atoms with E-state index in [0.717, 1.165) is 5.56 Å². The highest BCUT2D eigenvalue weighted by molar-refractivity contribution is 5.55. The Kier molecular flexibility index (Phi) is 12.1. The molecule has 6 atom stereocenters. The molecule has 13 nitrogen and oxygen atoms in total. The van der Waals surface area contributed by atoms with E-state index in [1.807, 2.05) is 0 Å². The van der Waals surface area contributed by atoms with E-state index in [2.05, 4.69) is 0 Å². The van der Waals surface area contributed by atoms with Gasteiger partial charge in [0.1, 0.15) is 30.5 Å². The molecule has 6 N–H and O–H groups in total. The molecule has 1 aliphatic rings. The molecule has 0 unspecified atom stereocenters. The highest BCUT2D eigenvalue weighted by Gasteiger charge is 2.45. The van der Waals surface area contributed by atoms with E-state index in [1.54, 1.807) is 24.3 Å². The second-order valence-electron chi connectivity index (χ2n) is 9.43. The largest absolute Gasteiger partial charge is 0.493 e. The SMILES string of the molecule is COc1cc(CCCO)cc(OC)c1O[C@H](CO)Cc1cc(OC)c(O[C@@H]2O[C@H](CO)[C@@H](O)[C@H](O)[C@H]2O)c(OC)c1. The summed E-state index contributed by atoms with van der Waals surface area (Å²) in [6.45, 7) is -0.914. The summed E-state index contributed by atoms with van der Waals surface area (Å²) in [5.74, 6) is 1.56. The first-order chi connectivity index (χ1) is 19.7. The number of aliphatic hydroxyl groups is 6. The summed E-state index contributed by atoms with van der Waals surface area (Å²) in [6.07, 6.45) is -6.75. The number of hydrogen-bond donors (Lipinski definition) is 6. The van der Waals surface area contributed by atoms with Gasteiger partial charge in [-0.25, -0.2) is 0 Å². The first-order valence-corrected chi connectivity index (χ1v) is 13.1. The van der Waals surface area contributed by atoms with Gasteiger partial charge in [-0.1, -0.05) is 0 Å². The second kappa shape index (κ2) is 15.3. The normalized spacial score (nSPS) is 23.0. The Bertz CT molecular complexity index is 1060. The summed E-state index contributed by atoms with van der Waals surface area (Å²) >= 11 is 0. The van der Waals surface area contributed by atoms with Crippen molar-refractivity contribution >= 4 is 0 Å². The van der Waals surface area contributed by atoms with Gasteiger partial charge in [0.05, 0.1) is 41.7 Å². The summed E-state index contributed by atoms with van der Waals surface area (Å²) in [7, 11) is 5.78. The topological polar surface area (TPSA) is 186 Å². The molecule has 0 aliphatic carbocycles. The summed E-state index contributed by atoms with van der Waals surface area (Å²) in [6, 6.07) is 6.83. The fraction of sp³-hybridized carbons (Fsp3) is 0.571. The molecular formula is C28H40O13. The van der Waals surface area contributed by atoms with Crippen molar-refractivity contribution in [1.82, 2.24) is 0 Å². The zero-order valence-electron chi connectivity index (χ0n) is 23.6. The van der Waals surface area contributed by atoms with Gasteiger partial charge in [0.25, 0.3) is 0 Å². The van der Waals surface area contributed by atoms with Crippen molar-refractivity contribution in [2.45, 2.75) is 56.1 Å². The molecule has 230 valence electrons. The van der Waals surface area contributed by atoms with Crippen molar-refractivity contribution in [1.29, 1.82) is 0 Å². The fourth-order valence-corrected chi connectivity index (χ4v) is 4.50. The minimum Gasteiger partial charge on any atom is -0.493 e. The average molecular weight is 585 g/mol. The van der Waals surface area contributed by atoms with Crippen LogP contribution in [0.2, 0.25) is 0 Å². The van der Waals surface area contributed by atoms with Crippen molar-refractivity contribution in [2.75, 3.05) is 48.3 Å². The van der Waals surface area contributed by atoms with Crippen LogP contribution in [0.1, 0.15) is 17.5 Å². The van der Waals surface area contributed by atoms with E-state index in [0.29, 0.717) is 35.7 Å². The molecule has 2 aromatic carbocycles. The highest BCUT2D eigenvalue weighted by Crippen LogP contribution is 2.42. The van der Waals surface area contributed by atoms with Crippen LogP contribution < -0.4 is 28.4 Å². The Balaban J connectivity index is 1.86. The number of ether oxygens (including phenoxy) is 7. The number of aryl methyl sites for hydroxylation is 1. The molecule has 1 aliphatic heterocycles. The first kappa shape index (κ1) is 32.5. The lowest BCUT2D eigenvalue weighted by molar-refractivity contribution is -0.277. The van der Waals surface area contributed by atoms with Gasteiger partial charge in [-0.3, -0.25) is 0 Å². The zero-order chi connectivity index (χ0) is 30.1. The second-order valence-corrected chi connectivity index (χ2v) is 9.43. The molecule has 3 rings (SSSR count). The predicted octanol–water partition coefficient (Wildman–Crippen LogP) is -0.193. The van der Waals surface area contributed by atoms with Crippen LogP contribution in [0.4, 0.5) is 0 Å². The summed E-state index contributed by atoms with van der Waals surface area (Å²) in [4.78, 5) is 0. The van der Waals surface area contributed by atoms with E-state index in [-0.39, 0.29) is 36.9 Å². The smallest absolute Gasteiger partial charge is 0.229 e. The van der Waals surface area contributed by atoms with Gasteiger partial charge < -0.3 is 63.8 Å². The lowest BCUT2D eigenvalue weighted by Crippen LogP contribution is -2.60. The lowest BCUT2D eigenvalue weighted by Gasteiger charge is -2.39. The molecule has 1 heterocycles. The third-order valence-electron chi connectivity index (χ3n) is 6.70. The third kappa shape index (κ3) is 7.63. The van der Waals surface area contributed by atoms with Gasteiger partial charge in [-0.2, -0.15) is 0 Å². The van der Waals surface area contributed by atoms with Crippen molar-refractivity contribution in [3.8, 4) is 34.5 Å². The summed E-state index contributed by atoms with van der Waals surface area (Å²) in [5, 5.41) is 59.4. The Labute approximate surface area is 238 Å². The number of benzene rings is 2. The van der Waals surface area contributed by atoms with Crippen LogP contribution in [-0.4, -0.2) is 116 Å². The molecule has 2 aromatic rings. The Morgan fingerprint density at radius 3 is 1.76 bits per heavy atom. The maximum absolute atomic E-state index is 10.4. The lowest BCUT2D eigenvalue weighted by atomic mass is 9.99. The van der Waals surface area contributed by atoms with Crippen LogP contribution in [0.25, 0.3) is 0 Å². The van der Waals surface area contributed by atoms with Gasteiger partial charge in [-0.05, 0) is 48.2 Å². The molecule has 13 heteroatoms. The van der Waals surface area contributed by atoms with Crippen LogP contribution in [0.3, 0.4) is 0 Å². The molecule has 0 bridgehead atoms. The molecule has 1 saturated heterocycles. The maximum Gasteiger partial charge on any atom is 0.229 e. The summed E-state index contributed by atoms with van der Waals surface area (Å²) < 4.78 is 39.4. The average Bonchev–Trinajstić information content (AvgIpc) is 3.00. The third-order valence-corrected chi connectivity index (χ3v) is 6.70. The molecule has 0 saturated carbocycles. The van der Waals surface area contributed by atoms with Crippen LogP contribution >= 0.6 is 0 Å².